The topological polar surface area (TPSA) is 87.6 Å². The second-order valence-electron chi connectivity index (χ2n) is 5.14. The van der Waals surface area contributed by atoms with Crippen molar-refractivity contribution < 1.29 is 17.8 Å². The number of carbonyl (C=O) groups is 1. The van der Waals surface area contributed by atoms with Gasteiger partial charge in [-0.3, -0.25) is 14.3 Å². The lowest BCUT2D eigenvalue weighted by Crippen LogP contribution is -2.23. The molecule has 23 heavy (non-hydrogen) atoms. The van der Waals surface area contributed by atoms with Gasteiger partial charge in [-0.15, -0.1) is 0 Å². The van der Waals surface area contributed by atoms with Crippen LogP contribution in [0, 0.1) is 6.92 Å². The van der Waals surface area contributed by atoms with Crippen LogP contribution in [0.1, 0.15) is 18.4 Å². The Kier molecular flexibility index (Phi) is 5.46. The van der Waals surface area contributed by atoms with E-state index in [0.29, 0.717) is 6.42 Å². The molecule has 1 aliphatic heterocycles. The second-order valence-corrected chi connectivity index (χ2v) is 6.56. The summed E-state index contributed by atoms with van der Waals surface area (Å²) in [5.41, 5.74) is 1.92. The summed E-state index contributed by atoms with van der Waals surface area (Å²) in [7, 11) is -4.02. The van der Waals surface area contributed by atoms with Crippen LogP contribution in [0.3, 0.4) is 0 Å². The number of rotatable bonds is 2. The van der Waals surface area contributed by atoms with Crippen LogP contribution in [-0.2, 0) is 14.9 Å². The molecule has 0 aliphatic carbocycles. The molecular weight excluding hydrogens is 316 g/mol. The molecule has 0 atom stereocenters. The number of aromatic nitrogens is 1. The van der Waals surface area contributed by atoms with Gasteiger partial charge in [-0.25, -0.2) is 0 Å². The van der Waals surface area contributed by atoms with Gasteiger partial charge in [0.05, 0.1) is 4.90 Å². The van der Waals surface area contributed by atoms with Gasteiger partial charge in [-0.1, -0.05) is 17.7 Å². The maximum atomic E-state index is 11.3. The molecule has 1 aromatic heterocycles. The first kappa shape index (κ1) is 17.1. The lowest BCUT2D eigenvalue weighted by atomic mass is 10.2. The van der Waals surface area contributed by atoms with E-state index in [1.165, 1.54) is 12.1 Å². The minimum Gasteiger partial charge on any atom is -0.312 e. The molecule has 3 rings (SSSR count). The summed E-state index contributed by atoms with van der Waals surface area (Å²) < 4.78 is 29.6. The normalized spacial score (nSPS) is 14.3. The molecule has 1 fully saturated rings. The molecule has 0 spiro atoms. The molecule has 0 radical (unpaired) electrons. The van der Waals surface area contributed by atoms with Crippen LogP contribution in [-0.4, -0.2) is 30.4 Å². The van der Waals surface area contributed by atoms with Gasteiger partial charge < -0.3 is 4.90 Å². The Bertz CT molecular complexity index is 758. The minimum absolute atomic E-state index is 0.0666. The average molecular weight is 334 g/mol. The Hall–Kier alpha value is -2.25. The SMILES string of the molecule is Cc1ccc(S(=O)(=O)O)cc1.O=C1CCCN1c1ccncc1. The maximum absolute atomic E-state index is 11.3. The molecule has 2 aromatic rings. The van der Waals surface area contributed by atoms with Gasteiger partial charge in [-0.2, -0.15) is 8.42 Å². The number of nitrogens with zero attached hydrogens (tertiary/aromatic N) is 2. The molecule has 6 nitrogen and oxygen atoms in total. The van der Waals surface area contributed by atoms with Crippen molar-refractivity contribution in [3.8, 4) is 0 Å². The lowest BCUT2D eigenvalue weighted by molar-refractivity contribution is -0.117. The molecular formula is C16H18N2O4S. The molecule has 0 unspecified atom stereocenters. The van der Waals surface area contributed by atoms with E-state index in [-0.39, 0.29) is 10.8 Å². The number of benzene rings is 1. The largest absolute Gasteiger partial charge is 0.312 e. The first-order valence-electron chi connectivity index (χ1n) is 7.12. The summed E-state index contributed by atoms with van der Waals surface area (Å²) in [4.78, 5) is 16.9. The zero-order valence-electron chi connectivity index (χ0n) is 12.7. The quantitative estimate of drug-likeness (QED) is 0.852. The Morgan fingerprint density at radius 2 is 1.70 bits per heavy atom. The van der Waals surface area contributed by atoms with E-state index in [2.05, 4.69) is 4.98 Å². The zero-order chi connectivity index (χ0) is 16.9. The summed E-state index contributed by atoms with van der Waals surface area (Å²) in [5, 5.41) is 0. The molecule has 1 aliphatic rings. The van der Waals surface area contributed by atoms with E-state index in [1.807, 2.05) is 24.0 Å². The summed E-state index contributed by atoms with van der Waals surface area (Å²) in [5.74, 6) is 0.223. The molecule has 1 aromatic carbocycles. The third-order valence-corrected chi connectivity index (χ3v) is 4.23. The van der Waals surface area contributed by atoms with E-state index in [0.717, 1.165) is 24.2 Å². The number of pyridine rings is 1. The molecule has 7 heteroatoms. The fraction of sp³-hybridized carbons (Fsp3) is 0.250. The monoisotopic (exact) mass is 334 g/mol. The van der Waals surface area contributed by atoms with Crippen LogP contribution in [0.25, 0.3) is 0 Å². The van der Waals surface area contributed by atoms with Crippen LogP contribution in [0.2, 0.25) is 0 Å². The summed E-state index contributed by atoms with van der Waals surface area (Å²) in [6.07, 6.45) is 5.07. The number of hydrogen-bond acceptors (Lipinski definition) is 4. The standard InChI is InChI=1S/C9H10N2O.C7H8O3S/c12-9-2-1-7-11(9)8-3-5-10-6-4-8;1-6-2-4-7(5-3-6)11(8,9)10/h3-6H,1-2,7H2;2-5H,1H3,(H,8,9,10). The summed E-state index contributed by atoms with van der Waals surface area (Å²) >= 11 is 0. The van der Waals surface area contributed by atoms with Crippen molar-refractivity contribution in [3.63, 3.8) is 0 Å². The number of aryl methyl sites for hydroxylation is 1. The van der Waals surface area contributed by atoms with Gasteiger partial charge in [0.1, 0.15) is 0 Å². The molecule has 2 heterocycles. The number of hydrogen-bond donors (Lipinski definition) is 1. The zero-order valence-corrected chi connectivity index (χ0v) is 13.5. The number of amides is 1. The Labute approximate surface area is 135 Å². The van der Waals surface area contributed by atoms with Crippen molar-refractivity contribution in [2.24, 2.45) is 0 Å². The van der Waals surface area contributed by atoms with Crippen LogP contribution >= 0.6 is 0 Å². The maximum Gasteiger partial charge on any atom is 0.294 e. The van der Waals surface area contributed by atoms with Crippen LogP contribution in [0.4, 0.5) is 5.69 Å². The van der Waals surface area contributed by atoms with Crippen molar-refractivity contribution in [1.29, 1.82) is 0 Å². The Morgan fingerprint density at radius 1 is 1.09 bits per heavy atom. The Balaban J connectivity index is 0.000000168. The van der Waals surface area contributed by atoms with Crippen LogP contribution in [0.5, 0.6) is 0 Å². The van der Waals surface area contributed by atoms with Gasteiger partial charge in [-0.05, 0) is 37.6 Å². The van der Waals surface area contributed by atoms with E-state index in [1.54, 1.807) is 24.5 Å². The predicted octanol–water partition coefficient (Wildman–Crippen LogP) is 2.45. The molecule has 1 saturated heterocycles. The molecule has 1 amide bonds. The highest BCUT2D eigenvalue weighted by atomic mass is 32.2. The van der Waals surface area contributed by atoms with Gasteiger partial charge in [0.15, 0.2) is 0 Å². The van der Waals surface area contributed by atoms with Crippen LogP contribution < -0.4 is 4.90 Å². The summed E-state index contributed by atoms with van der Waals surface area (Å²) in [6.45, 7) is 2.69. The minimum atomic E-state index is -4.02. The Morgan fingerprint density at radius 3 is 2.17 bits per heavy atom. The second kappa shape index (κ2) is 7.34. The van der Waals surface area contributed by atoms with Gasteiger partial charge in [0, 0.05) is 31.0 Å². The van der Waals surface area contributed by atoms with Crippen molar-refractivity contribution in [2.75, 3.05) is 11.4 Å². The van der Waals surface area contributed by atoms with E-state index < -0.39 is 10.1 Å². The van der Waals surface area contributed by atoms with E-state index in [9.17, 15) is 13.2 Å². The van der Waals surface area contributed by atoms with E-state index >= 15 is 0 Å². The third kappa shape index (κ3) is 4.87. The highest BCUT2D eigenvalue weighted by Crippen LogP contribution is 2.19. The lowest BCUT2D eigenvalue weighted by Gasteiger charge is -2.14. The van der Waals surface area contributed by atoms with Crippen molar-refractivity contribution >= 4 is 21.7 Å². The van der Waals surface area contributed by atoms with Gasteiger partial charge in [0.25, 0.3) is 10.1 Å². The number of carbonyl (C=O) groups excluding carboxylic acids is 1. The average Bonchev–Trinajstić information content (AvgIpc) is 2.94. The highest BCUT2D eigenvalue weighted by Gasteiger charge is 2.20. The van der Waals surface area contributed by atoms with Crippen molar-refractivity contribution in [1.82, 2.24) is 4.98 Å². The predicted molar refractivity (Wildman–Crippen MR) is 86.8 cm³/mol. The fourth-order valence-corrected chi connectivity index (χ4v) is 2.64. The van der Waals surface area contributed by atoms with Crippen molar-refractivity contribution in [2.45, 2.75) is 24.7 Å². The third-order valence-electron chi connectivity index (χ3n) is 3.37. The smallest absolute Gasteiger partial charge is 0.294 e. The van der Waals surface area contributed by atoms with E-state index in [4.69, 9.17) is 4.55 Å². The highest BCUT2D eigenvalue weighted by molar-refractivity contribution is 7.85. The molecule has 0 saturated carbocycles. The van der Waals surface area contributed by atoms with Gasteiger partial charge >= 0.3 is 0 Å². The van der Waals surface area contributed by atoms with Crippen molar-refractivity contribution in [3.05, 3.63) is 54.4 Å². The van der Waals surface area contributed by atoms with Crippen LogP contribution in [0.15, 0.2) is 53.7 Å². The molecule has 1 N–H and O–H groups in total. The molecule has 122 valence electrons. The van der Waals surface area contributed by atoms with Gasteiger partial charge in [0.2, 0.25) is 5.91 Å². The number of anilines is 1. The summed E-state index contributed by atoms with van der Waals surface area (Å²) in [6, 6.07) is 9.72. The first-order valence-corrected chi connectivity index (χ1v) is 8.56. The fourth-order valence-electron chi connectivity index (χ4n) is 2.16. The first-order chi connectivity index (χ1) is 10.9. The molecule has 0 bridgehead atoms.